The first-order valence-electron chi connectivity index (χ1n) is 7.48. The second-order valence-corrected chi connectivity index (χ2v) is 6.87. The molecule has 0 spiro atoms. The Kier molecular flexibility index (Phi) is 7.85. The van der Waals surface area contributed by atoms with Gasteiger partial charge in [0.2, 0.25) is 11.8 Å². The van der Waals surface area contributed by atoms with Gasteiger partial charge in [-0.2, -0.15) is 0 Å². The molecule has 5 nitrogen and oxygen atoms in total. The highest BCUT2D eigenvalue weighted by molar-refractivity contribution is 7.80. The second kappa shape index (κ2) is 8.32. The number of carbonyl (C=O) groups excluding carboxylic acids is 2. The first-order chi connectivity index (χ1) is 9.59. The van der Waals surface area contributed by atoms with Crippen LogP contribution in [0.3, 0.4) is 0 Å². The van der Waals surface area contributed by atoms with Crippen LogP contribution in [0.5, 0.6) is 0 Å². The van der Waals surface area contributed by atoms with Crippen LogP contribution < -0.4 is 16.4 Å². The highest BCUT2D eigenvalue weighted by atomic mass is 32.1. The number of hydrogen-bond donors (Lipinski definition) is 3. The molecule has 0 aliphatic carbocycles. The van der Waals surface area contributed by atoms with Gasteiger partial charge >= 0.3 is 0 Å². The molecule has 0 bridgehead atoms. The van der Waals surface area contributed by atoms with E-state index in [1.54, 1.807) is 0 Å². The average molecular weight is 315 g/mol. The number of amides is 2. The van der Waals surface area contributed by atoms with Crippen LogP contribution in [-0.4, -0.2) is 28.9 Å². The number of nitrogens with two attached hydrogens (primary N) is 1. The van der Waals surface area contributed by atoms with Crippen molar-refractivity contribution in [3.8, 4) is 0 Å². The molecular formula is C15H29N3O2S. The fourth-order valence-electron chi connectivity index (χ4n) is 2.36. The van der Waals surface area contributed by atoms with Crippen molar-refractivity contribution < 1.29 is 9.59 Å². The van der Waals surface area contributed by atoms with Crippen molar-refractivity contribution in [3.05, 3.63) is 0 Å². The van der Waals surface area contributed by atoms with Crippen LogP contribution in [0.25, 0.3) is 0 Å². The van der Waals surface area contributed by atoms with Gasteiger partial charge in [-0.15, -0.1) is 0 Å². The summed E-state index contributed by atoms with van der Waals surface area (Å²) < 4.78 is 0. The fraction of sp³-hybridized carbons (Fsp3) is 0.800. The van der Waals surface area contributed by atoms with Gasteiger partial charge in [-0.1, -0.05) is 38.9 Å². The summed E-state index contributed by atoms with van der Waals surface area (Å²) in [6.07, 6.45) is 2.81. The van der Waals surface area contributed by atoms with E-state index in [1.165, 1.54) is 0 Å². The Morgan fingerprint density at radius 1 is 1.10 bits per heavy atom. The number of hydrogen-bond acceptors (Lipinski definition) is 3. The summed E-state index contributed by atoms with van der Waals surface area (Å²) >= 11 is 5.12. The molecule has 0 aromatic heterocycles. The third-order valence-corrected chi connectivity index (χ3v) is 3.57. The predicted molar refractivity (Wildman–Crippen MR) is 89.9 cm³/mol. The Hall–Kier alpha value is -1.17. The lowest BCUT2D eigenvalue weighted by molar-refractivity contribution is -0.131. The number of carbonyl (C=O) groups is 2. The Bertz CT molecular complexity index is 383. The first kappa shape index (κ1) is 19.8. The molecule has 4 N–H and O–H groups in total. The maximum absolute atomic E-state index is 12.5. The molecule has 0 aliphatic rings. The van der Waals surface area contributed by atoms with E-state index in [9.17, 15) is 9.59 Å². The highest BCUT2D eigenvalue weighted by Gasteiger charge is 2.39. The van der Waals surface area contributed by atoms with E-state index in [-0.39, 0.29) is 28.9 Å². The lowest BCUT2D eigenvalue weighted by atomic mass is 9.78. The van der Waals surface area contributed by atoms with Gasteiger partial charge in [0.05, 0.1) is 16.9 Å². The summed E-state index contributed by atoms with van der Waals surface area (Å²) in [7, 11) is 0. The Balaban J connectivity index is 4.83. The van der Waals surface area contributed by atoms with E-state index in [4.69, 9.17) is 18.0 Å². The van der Waals surface area contributed by atoms with E-state index in [2.05, 4.69) is 10.6 Å². The molecule has 2 amide bonds. The van der Waals surface area contributed by atoms with Gasteiger partial charge in [0, 0.05) is 5.54 Å². The maximum Gasteiger partial charge on any atom is 0.239 e. The molecular weight excluding hydrogens is 286 g/mol. The van der Waals surface area contributed by atoms with Crippen LogP contribution in [-0.2, 0) is 9.59 Å². The Morgan fingerprint density at radius 2 is 1.57 bits per heavy atom. The minimum Gasteiger partial charge on any atom is -0.392 e. The molecule has 0 aliphatic heterocycles. The molecule has 0 saturated carbocycles. The molecule has 21 heavy (non-hydrogen) atoms. The zero-order chi connectivity index (χ0) is 16.7. The minimum absolute atomic E-state index is 0.0616. The summed E-state index contributed by atoms with van der Waals surface area (Å²) in [6, 6.07) is 0. The van der Waals surface area contributed by atoms with Crippen molar-refractivity contribution in [1.29, 1.82) is 0 Å². The van der Waals surface area contributed by atoms with Crippen molar-refractivity contribution >= 4 is 29.0 Å². The smallest absolute Gasteiger partial charge is 0.239 e. The Morgan fingerprint density at radius 3 is 1.90 bits per heavy atom. The van der Waals surface area contributed by atoms with Crippen molar-refractivity contribution in [1.82, 2.24) is 10.6 Å². The average Bonchev–Trinajstić information content (AvgIpc) is 2.33. The van der Waals surface area contributed by atoms with Gasteiger partial charge in [0.1, 0.15) is 0 Å². The van der Waals surface area contributed by atoms with E-state index in [1.807, 2.05) is 34.6 Å². The third-order valence-electron chi connectivity index (χ3n) is 3.18. The SMILES string of the molecule is CCCC(CCC)(C(=O)NCC(=O)NC(C)(C)C)C(N)=S. The molecule has 122 valence electrons. The van der Waals surface area contributed by atoms with Crippen LogP contribution in [0.15, 0.2) is 0 Å². The topological polar surface area (TPSA) is 84.2 Å². The van der Waals surface area contributed by atoms with E-state index < -0.39 is 5.41 Å². The summed E-state index contributed by atoms with van der Waals surface area (Å²) in [5, 5.41) is 5.48. The van der Waals surface area contributed by atoms with E-state index in [0.717, 1.165) is 12.8 Å². The van der Waals surface area contributed by atoms with Crippen LogP contribution in [0.2, 0.25) is 0 Å². The molecule has 0 unspecified atom stereocenters. The van der Waals surface area contributed by atoms with E-state index >= 15 is 0 Å². The molecule has 0 rings (SSSR count). The summed E-state index contributed by atoms with van der Waals surface area (Å²) in [5.41, 5.74) is 4.65. The molecule has 0 heterocycles. The predicted octanol–water partition coefficient (Wildman–Crippen LogP) is 1.89. The number of thiocarbonyl (C=S) groups is 1. The van der Waals surface area contributed by atoms with Gasteiger partial charge < -0.3 is 16.4 Å². The monoisotopic (exact) mass is 315 g/mol. The fourth-order valence-corrected chi connectivity index (χ4v) is 2.65. The number of nitrogens with one attached hydrogen (secondary N) is 2. The lowest BCUT2D eigenvalue weighted by Gasteiger charge is -2.31. The first-order valence-corrected chi connectivity index (χ1v) is 7.89. The lowest BCUT2D eigenvalue weighted by Crippen LogP contribution is -2.52. The maximum atomic E-state index is 12.5. The number of rotatable bonds is 8. The summed E-state index contributed by atoms with van der Waals surface area (Å²) in [6.45, 7) is 9.58. The van der Waals surface area contributed by atoms with Crippen LogP contribution in [0.1, 0.15) is 60.3 Å². The van der Waals surface area contributed by atoms with Crippen molar-refractivity contribution in [2.24, 2.45) is 11.1 Å². The molecule has 0 atom stereocenters. The normalized spacial score (nSPS) is 11.9. The van der Waals surface area contributed by atoms with Crippen molar-refractivity contribution in [2.45, 2.75) is 65.8 Å². The van der Waals surface area contributed by atoms with Gasteiger partial charge in [-0.05, 0) is 33.6 Å². The second-order valence-electron chi connectivity index (χ2n) is 6.43. The largest absolute Gasteiger partial charge is 0.392 e. The van der Waals surface area contributed by atoms with Crippen molar-refractivity contribution in [3.63, 3.8) is 0 Å². The van der Waals surface area contributed by atoms with Gasteiger partial charge in [-0.25, -0.2) is 0 Å². The molecule has 6 heteroatoms. The zero-order valence-electron chi connectivity index (χ0n) is 13.8. The standard InChI is InChI=1S/C15H29N3O2S/c1-6-8-15(9-7-2,12(16)21)13(20)17-10-11(19)18-14(3,4)5/h6-10H2,1-5H3,(H2,16,21)(H,17,20)(H,18,19). The molecule has 0 radical (unpaired) electrons. The molecule has 0 fully saturated rings. The van der Waals surface area contributed by atoms with Gasteiger partial charge in [-0.3, -0.25) is 9.59 Å². The molecule has 0 aromatic rings. The van der Waals surface area contributed by atoms with Crippen LogP contribution in [0, 0.1) is 5.41 Å². The molecule has 0 aromatic carbocycles. The highest BCUT2D eigenvalue weighted by Crippen LogP contribution is 2.30. The van der Waals surface area contributed by atoms with Gasteiger partial charge in [0.25, 0.3) is 0 Å². The zero-order valence-corrected chi connectivity index (χ0v) is 14.7. The summed E-state index contributed by atoms with van der Waals surface area (Å²) in [4.78, 5) is 24.5. The van der Waals surface area contributed by atoms with E-state index in [0.29, 0.717) is 12.8 Å². The third kappa shape index (κ3) is 6.42. The van der Waals surface area contributed by atoms with Crippen LogP contribution in [0.4, 0.5) is 0 Å². The van der Waals surface area contributed by atoms with Gasteiger partial charge in [0.15, 0.2) is 0 Å². The Labute approximate surface area is 133 Å². The van der Waals surface area contributed by atoms with Crippen molar-refractivity contribution in [2.75, 3.05) is 6.54 Å². The minimum atomic E-state index is -0.846. The van der Waals surface area contributed by atoms with Crippen LogP contribution >= 0.6 is 12.2 Å². The quantitative estimate of drug-likeness (QED) is 0.597. The molecule has 0 saturated heterocycles. The summed E-state index contributed by atoms with van der Waals surface area (Å²) in [5.74, 6) is -0.469.